The summed E-state index contributed by atoms with van der Waals surface area (Å²) in [6.45, 7) is 3.59. The molecule has 2 aliphatic rings. The number of likely N-dealkylation sites (tertiary alicyclic amines) is 1. The SMILES string of the molecule is CCC(Nc1cc(C(F)F)c(-c2sc(C(=O)NC3CCCC3O)nc2C(=O)N2CCCC2C)cn1)C(F)(F)F. The van der Waals surface area contributed by atoms with E-state index < -0.39 is 54.0 Å². The number of nitrogens with one attached hydrogen (secondary N) is 2. The van der Waals surface area contributed by atoms with Crippen LogP contribution in [0.3, 0.4) is 0 Å². The molecule has 39 heavy (non-hydrogen) atoms. The minimum absolute atomic E-state index is 0.0200. The summed E-state index contributed by atoms with van der Waals surface area (Å²) in [6, 6.07) is -1.77. The van der Waals surface area contributed by atoms with Gasteiger partial charge in [0, 0.05) is 29.9 Å². The largest absolute Gasteiger partial charge is 0.408 e. The lowest BCUT2D eigenvalue weighted by Crippen LogP contribution is -2.40. The summed E-state index contributed by atoms with van der Waals surface area (Å²) >= 11 is 0.728. The Kier molecular flexibility index (Phi) is 8.74. The Morgan fingerprint density at radius 1 is 1.23 bits per heavy atom. The summed E-state index contributed by atoms with van der Waals surface area (Å²) in [5.74, 6) is -1.57. The zero-order valence-corrected chi connectivity index (χ0v) is 22.2. The summed E-state index contributed by atoms with van der Waals surface area (Å²) in [7, 11) is 0. The molecule has 2 aromatic rings. The molecule has 214 valence electrons. The van der Waals surface area contributed by atoms with Gasteiger partial charge in [-0.2, -0.15) is 13.2 Å². The van der Waals surface area contributed by atoms with Gasteiger partial charge in [-0.05, 0) is 51.5 Å². The van der Waals surface area contributed by atoms with Crippen LogP contribution in [0.5, 0.6) is 0 Å². The zero-order chi connectivity index (χ0) is 28.5. The number of nitrogens with zero attached hydrogens (tertiary/aromatic N) is 3. The molecule has 2 aromatic heterocycles. The number of aromatic nitrogens is 2. The molecule has 14 heteroatoms. The number of hydrogen-bond donors (Lipinski definition) is 3. The Bertz CT molecular complexity index is 1210. The zero-order valence-electron chi connectivity index (χ0n) is 21.4. The van der Waals surface area contributed by atoms with Gasteiger partial charge in [-0.1, -0.05) is 6.92 Å². The number of halogens is 5. The topological polar surface area (TPSA) is 107 Å². The van der Waals surface area contributed by atoms with E-state index in [2.05, 4.69) is 20.6 Å². The van der Waals surface area contributed by atoms with Gasteiger partial charge < -0.3 is 20.6 Å². The van der Waals surface area contributed by atoms with Crippen LogP contribution in [-0.4, -0.2) is 68.7 Å². The molecule has 0 radical (unpaired) electrons. The summed E-state index contributed by atoms with van der Waals surface area (Å²) in [6.07, 6.45) is -4.49. The molecule has 2 fully saturated rings. The number of carbonyl (C=O) groups is 2. The van der Waals surface area contributed by atoms with E-state index in [0.29, 0.717) is 19.4 Å². The van der Waals surface area contributed by atoms with Crippen LogP contribution >= 0.6 is 11.3 Å². The number of rotatable bonds is 8. The molecule has 1 saturated heterocycles. The van der Waals surface area contributed by atoms with E-state index in [9.17, 15) is 36.6 Å². The van der Waals surface area contributed by atoms with E-state index in [1.165, 1.54) is 6.92 Å². The Morgan fingerprint density at radius 3 is 2.54 bits per heavy atom. The first kappa shape index (κ1) is 29.1. The monoisotopic (exact) mass is 575 g/mol. The number of thiazole rings is 1. The van der Waals surface area contributed by atoms with E-state index in [1.54, 1.807) is 4.90 Å². The first-order chi connectivity index (χ1) is 18.4. The van der Waals surface area contributed by atoms with Gasteiger partial charge in [0.05, 0.1) is 17.0 Å². The lowest BCUT2D eigenvalue weighted by molar-refractivity contribution is -0.142. The number of aliphatic hydroxyl groups is 1. The third-order valence-electron chi connectivity index (χ3n) is 7.17. The second-order valence-corrected chi connectivity index (χ2v) is 10.9. The van der Waals surface area contributed by atoms with E-state index in [-0.39, 0.29) is 33.6 Å². The predicted octanol–water partition coefficient (Wildman–Crippen LogP) is 5.16. The average Bonchev–Trinajstić information content (AvgIpc) is 3.61. The van der Waals surface area contributed by atoms with Crippen molar-refractivity contribution in [1.82, 2.24) is 20.2 Å². The molecule has 4 atom stereocenters. The Hall–Kier alpha value is -2.87. The standard InChI is InChI=1S/C25H30F5N5O3S/c1-3-17(25(28,29)30)33-18-10-13(21(26)27)14(11-31-18)20-19(24(38)35-9-5-6-12(35)2)34-23(39-20)22(37)32-15-7-4-8-16(15)36/h10-12,15-17,21,36H,3-9H2,1-2H3,(H,31,33)(H,32,37). The summed E-state index contributed by atoms with van der Waals surface area (Å²) in [5, 5.41) is 14.8. The molecule has 1 saturated carbocycles. The summed E-state index contributed by atoms with van der Waals surface area (Å²) in [4.78, 5) is 36.2. The number of alkyl halides is 5. The van der Waals surface area contributed by atoms with Crippen LogP contribution in [0.4, 0.5) is 27.8 Å². The quantitative estimate of drug-likeness (QED) is 0.376. The fraction of sp³-hybridized carbons (Fsp3) is 0.600. The van der Waals surface area contributed by atoms with Gasteiger partial charge >= 0.3 is 6.18 Å². The Balaban J connectivity index is 1.74. The number of aliphatic hydroxyl groups excluding tert-OH is 1. The van der Waals surface area contributed by atoms with Crippen LogP contribution in [0.15, 0.2) is 12.3 Å². The highest BCUT2D eigenvalue weighted by Crippen LogP contribution is 2.39. The molecule has 3 N–H and O–H groups in total. The van der Waals surface area contributed by atoms with Gasteiger partial charge in [0.1, 0.15) is 17.6 Å². The van der Waals surface area contributed by atoms with E-state index in [1.807, 2.05) is 6.92 Å². The molecule has 2 amide bonds. The van der Waals surface area contributed by atoms with Crippen molar-refractivity contribution in [2.75, 3.05) is 11.9 Å². The molecule has 1 aliphatic carbocycles. The minimum Gasteiger partial charge on any atom is -0.391 e. The molecule has 0 aromatic carbocycles. The molecular weight excluding hydrogens is 545 g/mol. The van der Waals surface area contributed by atoms with Crippen LogP contribution in [-0.2, 0) is 0 Å². The highest BCUT2D eigenvalue weighted by molar-refractivity contribution is 7.17. The molecule has 4 rings (SSSR count). The molecule has 4 unspecified atom stereocenters. The van der Waals surface area contributed by atoms with Gasteiger partial charge in [-0.15, -0.1) is 11.3 Å². The van der Waals surface area contributed by atoms with Gasteiger partial charge in [0.2, 0.25) is 0 Å². The fourth-order valence-electron chi connectivity index (χ4n) is 4.97. The maximum atomic E-state index is 14.2. The van der Waals surface area contributed by atoms with Crippen molar-refractivity contribution in [3.05, 3.63) is 28.5 Å². The van der Waals surface area contributed by atoms with Gasteiger partial charge in [0.15, 0.2) is 5.01 Å². The van der Waals surface area contributed by atoms with Crippen molar-refractivity contribution < 1.29 is 36.6 Å². The van der Waals surface area contributed by atoms with Crippen LogP contribution in [0.25, 0.3) is 10.4 Å². The van der Waals surface area contributed by atoms with Crippen LogP contribution < -0.4 is 10.6 Å². The first-order valence-corrected chi connectivity index (χ1v) is 13.6. The third kappa shape index (κ3) is 6.32. The van der Waals surface area contributed by atoms with Crippen molar-refractivity contribution in [2.24, 2.45) is 0 Å². The van der Waals surface area contributed by atoms with Gasteiger partial charge in [-0.25, -0.2) is 18.7 Å². The number of hydrogen-bond acceptors (Lipinski definition) is 7. The number of pyridine rings is 1. The normalized spacial score (nSPS) is 22.4. The number of carbonyl (C=O) groups excluding carboxylic acids is 2. The van der Waals surface area contributed by atoms with Crippen LogP contribution in [0.1, 0.15) is 84.7 Å². The highest BCUT2D eigenvalue weighted by atomic mass is 32.1. The predicted molar refractivity (Wildman–Crippen MR) is 135 cm³/mol. The fourth-order valence-corrected chi connectivity index (χ4v) is 5.96. The molecular formula is C25H30F5N5O3S. The molecule has 1 aliphatic heterocycles. The van der Waals surface area contributed by atoms with E-state index in [4.69, 9.17) is 0 Å². The number of anilines is 1. The second-order valence-electron chi connectivity index (χ2n) is 9.87. The third-order valence-corrected chi connectivity index (χ3v) is 8.26. The molecule has 3 heterocycles. The van der Waals surface area contributed by atoms with E-state index in [0.717, 1.165) is 42.9 Å². The van der Waals surface area contributed by atoms with E-state index >= 15 is 0 Å². The van der Waals surface area contributed by atoms with Crippen LogP contribution in [0, 0.1) is 0 Å². The van der Waals surface area contributed by atoms with Crippen molar-refractivity contribution >= 4 is 29.0 Å². The van der Waals surface area contributed by atoms with Gasteiger partial charge in [0.25, 0.3) is 18.2 Å². The molecule has 8 nitrogen and oxygen atoms in total. The maximum absolute atomic E-state index is 14.2. The van der Waals surface area contributed by atoms with Crippen molar-refractivity contribution in [2.45, 2.75) is 89.2 Å². The summed E-state index contributed by atoms with van der Waals surface area (Å²) < 4.78 is 68.2. The van der Waals surface area contributed by atoms with Crippen molar-refractivity contribution in [3.8, 4) is 10.4 Å². The Morgan fingerprint density at radius 2 is 1.97 bits per heavy atom. The van der Waals surface area contributed by atoms with Gasteiger partial charge in [-0.3, -0.25) is 9.59 Å². The first-order valence-electron chi connectivity index (χ1n) is 12.8. The average molecular weight is 576 g/mol. The summed E-state index contributed by atoms with van der Waals surface area (Å²) in [5.41, 5.74) is -1.03. The maximum Gasteiger partial charge on any atom is 0.408 e. The molecule has 0 bridgehead atoms. The highest BCUT2D eigenvalue weighted by Gasteiger charge is 2.39. The second kappa shape index (κ2) is 11.7. The number of amides is 2. The minimum atomic E-state index is -4.61. The Labute approximate surface area is 226 Å². The van der Waals surface area contributed by atoms with Crippen molar-refractivity contribution in [3.63, 3.8) is 0 Å². The lowest BCUT2D eigenvalue weighted by atomic mass is 10.1. The molecule has 0 spiro atoms. The van der Waals surface area contributed by atoms with Crippen LogP contribution in [0.2, 0.25) is 0 Å². The van der Waals surface area contributed by atoms with Crippen molar-refractivity contribution in [1.29, 1.82) is 0 Å². The smallest absolute Gasteiger partial charge is 0.391 e. The lowest BCUT2D eigenvalue weighted by Gasteiger charge is -2.22.